The number of aryl methyl sites for hydroxylation is 1. The van der Waals surface area contributed by atoms with E-state index in [2.05, 4.69) is 10.2 Å². The van der Waals surface area contributed by atoms with E-state index in [0.717, 1.165) is 5.56 Å². The Kier molecular flexibility index (Phi) is 4.65. The van der Waals surface area contributed by atoms with Crippen molar-refractivity contribution in [1.29, 1.82) is 0 Å². The van der Waals surface area contributed by atoms with Crippen LogP contribution in [0.1, 0.15) is 30.7 Å². The Morgan fingerprint density at radius 3 is 2.54 bits per heavy atom. The van der Waals surface area contributed by atoms with Crippen LogP contribution in [0.4, 0.5) is 0 Å². The van der Waals surface area contributed by atoms with Gasteiger partial charge in [0.15, 0.2) is 12.4 Å². The van der Waals surface area contributed by atoms with Gasteiger partial charge in [-0.15, -0.1) is 10.2 Å². The van der Waals surface area contributed by atoms with Gasteiger partial charge in [0.2, 0.25) is 5.78 Å². The van der Waals surface area contributed by atoms with E-state index >= 15 is 0 Å². The molecule has 0 fully saturated rings. The number of fused-ring (bicyclic) bond motifs is 3. The van der Waals surface area contributed by atoms with E-state index in [4.69, 9.17) is 4.74 Å². The van der Waals surface area contributed by atoms with Gasteiger partial charge in [-0.1, -0.05) is 49.4 Å². The molecular weight excluding hydrogens is 356 g/mol. The second-order valence-corrected chi connectivity index (χ2v) is 6.61. The fourth-order valence-electron chi connectivity index (χ4n) is 3.45. The van der Waals surface area contributed by atoms with Crippen molar-refractivity contribution in [1.82, 2.24) is 19.2 Å². The molecule has 0 aliphatic carbocycles. The zero-order valence-corrected chi connectivity index (χ0v) is 15.7. The van der Waals surface area contributed by atoms with Gasteiger partial charge in [0, 0.05) is 7.05 Å². The third kappa shape index (κ3) is 2.94. The number of nitrogens with zero attached hydrogens (tertiary/aromatic N) is 4. The van der Waals surface area contributed by atoms with Crippen molar-refractivity contribution in [2.75, 3.05) is 0 Å². The molecule has 0 saturated carbocycles. The van der Waals surface area contributed by atoms with E-state index in [1.807, 2.05) is 55.5 Å². The number of carbonyl (C=O) groups is 1. The molecule has 28 heavy (non-hydrogen) atoms. The number of hydrogen-bond donors (Lipinski definition) is 0. The van der Waals surface area contributed by atoms with Crippen LogP contribution in [-0.2, 0) is 23.2 Å². The van der Waals surface area contributed by atoms with Gasteiger partial charge in [0.05, 0.1) is 16.8 Å². The quantitative estimate of drug-likeness (QED) is 0.501. The summed E-state index contributed by atoms with van der Waals surface area (Å²) in [6.07, 6.45) is 0.640. The first kappa shape index (κ1) is 17.9. The van der Waals surface area contributed by atoms with Crippen molar-refractivity contribution in [2.45, 2.75) is 25.9 Å². The monoisotopic (exact) mass is 376 g/mol. The Labute approximate surface area is 161 Å². The molecule has 4 aromatic rings. The molecule has 4 rings (SSSR count). The molecule has 0 bridgehead atoms. The van der Waals surface area contributed by atoms with Gasteiger partial charge < -0.3 is 4.74 Å². The summed E-state index contributed by atoms with van der Waals surface area (Å²) in [5, 5.41) is 8.82. The van der Waals surface area contributed by atoms with E-state index < -0.39 is 0 Å². The lowest BCUT2D eigenvalue weighted by atomic mass is 9.97. The Balaban J connectivity index is 1.68. The molecule has 0 amide bonds. The average Bonchev–Trinajstić information content (AvgIpc) is 3.16. The summed E-state index contributed by atoms with van der Waals surface area (Å²) in [7, 11) is 1.65. The van der Waals surface area contributed by atoms with Crippen LogP contribution in [0, 0.1) is 0 Å². The summed E-state index contributed by atoms with van der Waals surface area (Å²) in [6, 6.07) is 16.8. The summed E-state index contributed by atoms with van der Waals surface area (Å²) in [5.41, 5.74) is 1.47. The van der Waals surface area contributed by atoms with E-state index in [9.17, 15) is 9.59 Å². The number of hydrogen-bond acceptors (Lipinski definition) is 5. The maximum atomic E-state index is 12.7. The molecule has 0 N–H and O–H groups in total. The number of carbonyl (C=O) groups excluding carboxylic acids is 1. The van der Waals surface area contributed by atoms with Crippen molar-refractivity contribution in [3.05, 3.63) is 76.3 Å². The van der Waals surface area contributed by atoms with Gasteiger partial charge >= 0.3 is 5.97 Å². The van der Waals surface area contributed by atoms with Crippen LogP contribution in [0.5, 0.6) is 0 Å². The molecule has 2 heterocycles. The molecule has 0 saturated heterocycles. The zero-order chi connectivity index (χ0) is 19.7. The third-order valence-electron chi connectivity index (χ3n) is 4.93. The van der Waals surface area contributed by atoms with Crippen LogP contribution < -0.4 is 5.56 Å². The van der Waals surface area contributed by atoms with Crippen LogP contribution in [0.2, 0.25) is 0 Å². The second kappa shape index (κ2) is 7.26. The lowest BCUT2D eigenvalue weighted by molar-refractivity contribution is -0.147. The molecule has 7 nitrogen and oxygen atoms in total. The average molecular weight is 376 g/mol. The van der Waals surface area contributed by atoms with E-state index in [1.165, 1.54) is 4.57 Å². The first-order valence-corrected chi connectivity index (χ1v) is 9.15. The highest BCUT2D eigenvalue weighted by molar-refractivity contribution is 5.80. The Bertz CT molecular complexity index is 1210. The van der Waals surface area contributed by atoms with Gasteiger partial charge in [-0.25, -0.2) is 0 Å². The zero-order valence-electron chi connectivity index (χ0n) is 15.7. The molecular formula is C21H20N4O3. The van der Waals surface area contributed by atoms with E-state index in [1.54, 1.807) is 17.5 Å². The molecule has 7 heteroatoms. The first-order chi connectivity index (χ1) is 13.6. The highest BCUT2D eigenvalue weighted by atomic mass is 16.5. The molecule has 2 aromatic carbocycles. The molecule has 1 atom stereocenters. The number of rotatable bonds is 5. The first-order valence-electron chi connectivity index (χ1n) is 9.15. The Morgan fingerprint density at radius 2 is 1.79 bits per heavy atom. The van der Waals surface area contributed by atoms with Gasteiger partial charge in [-0.2, -0.15) is 0 Å². The molecule has 0 spiro atoms. The normalized spacial score (nSPS) is 12.4. The standard InChI is InChI=1S/C21H20N4O3/c1-3-15(14-9-5-4-6-10-14)20(27)28-13-18-22-23-21-24(2)19(26)16-11-7-8-12-17(16)25(18)21/h4-12,15H,3,13H2,1-2H3. The van der Waals surface area contributed by atoms with Crippen molar-refractivity contribution in [3.63, 3.8) is 0 Å². The van der Waals surface area contributed by atoms with Gasteiger partial charge in [0.25, 0.3) is 5.56 Å². The van der Waals surface area contributed by atoms with Crippen molar-refractivity contribution in [2.24, 2.45) is 7.05 Å². The SMILES string of the molecule is CCC(C(=O)OCc1nnc2n(C)c(=O)c3ccccc3n12)c1ccccc1. The predicted octanol–water partition coefficient (Wildman–Crippen LogP) is 2.82. The van der Waals surface area contributed by atoms with Crippen LogP contribution in [0.3, 0.4) is 0 Å². The van der Waals surface area contributed by atoms with E-state index in [0.29, 0.717) is 28.9 Å². The lowest BCUT2D eigenvalue weighted by Gasteiger charge is -2.14. The smallest absolute Gasteiger partial charge is 0.313 e. The summed E-state index contributed by atoms with van der Waals surface area (Å²) in [5.74, 6) is 0.240. The summed E-state index contributed by atoms with van der Waals surface area (Å²) < 4.78 is 8.77. The number of esters is 1. The fraction of sp³-hybridized carbons (Fsp3) is 0.238. The molecule has 0 aliphatic heterocycles. The maximum absolute atomic E-state index is 12.7. The fourth-order valence-corrected chi connectivity index (χ4v) is 3.45. The molecule has 0 aliphatic rings. The largest absolute Gasteiger partial charge is 0.457 e. The Morgan fingerprint density at radius 1 is 1.07 bits per heavy atom. The van der Waals surface area contributed by atoms with E-state index in [-0.39, 0.29) is 24.1 Å². The van der Waals surface area contributed by atoms with Gasteiger partial charge in [0.1, 0.15) is 0 Å². The minimum Gasteiger partial charge on any atom is -0.457 e. The Hall–Kier alpha value is -3.48. The number of para-hydroxylation sites is 1. The number of benzene rings is 2. The molecule has 0 radical (unpaired) electrons. The minimum atomic E-state index is -0.332. The third-order valence-corrected chi connectivity index (χ3v) is 4.93. The predicted molar refractivity (Wildman–Crippen MR) is 105 cm³/mol. The molecule has 1 unspecified atom stereocenters. The van der Waals surface area contributed by atoms with Crippen molar-refractivity contribution in [3.8, 4) is 0 Å². The van der Waals surface area contributed by atoms with Crippen LogP contribution in [0.15, 0.2) is 59.4 Å². The summed E-state index contributed by atoms with van der Waals surface area (Å²) in [6.45, 7) is 1.93. The van der Waals surface area contributed by atoms with Crippen LogP contribution in [-0.4, -0.2) is 25.1 Å². The summed E-state index contributed by atoms with van der Waals surface area (Å²) >= 11 is 0. The number of ether oxygens (including phenoxy) is 1. The molecule has 142 valence electrons. The van der Waals surface area contributed by atoms with Crippen LogP contribution >= 0.6 is 0 Å². The highest BCUT2D eigenvalue weighted by Crippen LogP contribution is 2.22. The molecule has 2 aromatic heterocycles. The topological polar surface area (TPSA) is 78.5 Å². The maximum Gasteiger partial charge on any atom is 0.313 e. The second-order valence-electron chi connectivity index (χ2n) is 6.61. The lowest BCUT2D eigenvalue weighted by Crippen LogP contribution is -2.21. The highest BCUT2D eigenvalue weighted by Gasteiger charge is 2.22. The van der Waals surface area contributed by atoms with Crippen LogP contribution in [0.25, 0.3) is 16.7 Å². The summed E-state index contributed by atoms with van der Waals surface area (Å²) in [4.78, 5) is 25.2. The van der Waals surface area contributed by atoms with Gasteiger partial charge in [-0.3, -0.25) is 18.6 Å². The van der Waals surface area contributed by atoms with Crippen molar-refractivity contribution >= 4 is 22.6 Å². The van der Waals surface area contributed by atoms with Crippen molar-refractivity contribution < 1.29 is 9.53 Å². The van der Waals surface area contributed by atoms with Gasteiger partial charge in [-0.05, 0) is 24.1 Å². The number of aromatic nitrogens is 4. The minimum absolute atomic E-state index is 0.0223.